The maximum Gasteiger partial charge on any atom is 0.261 e. The lowest BCUT2D eigenvalue weighted by molar-refractivity contribution is 0.0954. The van der Waals surface area contributed by atoms with Crippen LogP contribution in [-0.2, 0) is 13.0 Å². The average molecular weight is 304 g/mol. The van der Waals surface area contributed by atoms with Crippen LogP contribution in [0.4, 0.5) is 0 Å². The molecule has 21 heavy (non-hydrogen) atoms. The number of nitrogens with zero attached hydrogens (tertiary/aromatic N) is 1. The number of carbonyl (C=O) groups excluding carboxylic acids is 1. The predicted molar refractivity (Wildman–Crippen MR) is 85.0 cm³/mol. The number of hydrogen-bond donors (Lipinski definition) is 1. The van der Waals surface area contributed by atoms with Crippen molar-refractivity contribution in [2.24, 2.45) is 0 Å². The van der Waals surface area contributed by atoms with Crippen LogP contribution >= 0.6 is 11.3 Å². The fraction of sp³-hybridized carbons (Fsp3) is 0.375. The van der Waals surface area contributed by atoms with Crippen LogP contribution in [-0.4, -0.2) is 17.5 Å². The minimum absolute atomic E-state index is 0.0471. The molecule has 0 radical (unpaired) electrons. The molecule has 0 atom stereocenters. The molecular weight excluding hydrogens is 284 g/mol. The summed E-state index contributed by atoms with van der Waals surface area (Å²) in [5.41, 5.74) is 2.12. The zero-order chi connectivity index (χ0) is 15.2. The first-order valence-corrected chi connectivity index (χ1v) is 7.91. The standard InChI is InChI=1S/C16H20N2O2S/c1-4-12-9-14(21-11(12)3)15(19)18-10-13-7-6-8-17-16(13)20-5-2/h6-9H,4-5,10H2,1-3H3,(H,18,19). The summed E-state index contributed by atoms with van der Waals surface area (Å²) >= 11 is 1.54. The summed E-state index contributed by atoms with van der Waals surface area (Å²) < 4.78 is 5.46. The summed E-state index contributed by atoms with van der Waals surface area (Å²) in [7, 11) is 0. The Morgan fingerprint density at radius 2 is 2.19 bits per heavy atom. The Kier molecular flexibility index (Phi) is 5.33. The Labute approximate surface area is 129 Å². The van der Waals surface area contributed by atoms with E-state index in [-0.39, 0.29) is 5.91 Å². The minimum atomic E-state index is -0.0471. The first-order valence-electron chi connectivity index (χ1n) is 7.09. The third kappa shape index (κ3) is 3.82. The first-order chi connectivity index (χ1) is 10.2. The molecule has 0 fully saturated rings. The van der Waals surface area contributed by atoms with Crippen LogP contribution in [0, 0.1) is 6.92 Å². The highest BCUT2D eigenvalue weighted by Crippen LogP contribution is 2.22. The van der Waals surface area contributed by atoms with Crippen molar-refractivity contribution in [3.05, 3.63) is 45.3 Å². The number of ether oxygens (including phenoxy) is 1. The highest BCUT2D eigenvalue weighted by molar-refractivity contribution is 7.14. The van der Waals surface area contributed by atoms with E-state index >= 15 is 0 Å². The second kappa shape index (κ2) is 7.22. The number of nitrogens with one attached hydrogen (secondary N) is 1. The maximum atomic E-state index is 12.2. The normalized spacial score (nSPS) is 10.4. The molecule has 0 aliphatic carbocycles. The van der Waals surface area contributed by atoms with Crippen LogP contribution in [0.15, 0.2) is 24.4 Å². The summed E-state index contributed by atoms with van der Waals surface area (Å²) in [6, 6.07) is 5.73. The van der Waals surface area contributed by atoms with Crippen molar-refractivity contribution in [1.82, 2.24) is 10.3 Å². The highest BCUT2D eigenvalue weighted by atomic mass is 32.1. The molecule has 2 rings (SSSR count). The fourth-order valence-corrected chi connectivity index (χ4v) is 3.10. The van der Waals surface area contributed by atoms with E-state index in [9.17, 15) is 4.79 Å². The van der Waals surface area contributed by atoms with Crippen molar-refractivity contribution in [3.63, 3.8) is 0 Å². The lowest BCUT2D eigenvalue weighted by Gasteiger charge is -2.09. The van der Waals surface area contributed by atoms with E-state index in [4.69, 9.17) is 4.74 Å². The zero-order valence-electron chi connectivity index (χ0n) is 12.6. The van der Waals surface area contributed by atoms with E-state index in [1.54, 1.807) is 6.20 Å². The number of pyridine rings is 1. The van der Waals surface area contributed by atoms with Crippen molar-refractivity contribution in [3.8, 4) is 5.88 Å². The van der Waals surface area contributed by atoms with E-state index in [1.165, 1.54) is 21.8 Å². The Balaban J connectivity index is 2.03. The van der Waals surface area contributed by atoms with Gasteiger partial charge in [-0.1, -0.05) is 13.0 Å². The Hall–Kier alpha value is -1.88. The topological polar surface area (TPSA) is 51.2 Å². The van der Waals surface area contributed by atoms with E-state index < -0.39 is 0 Å². The summed E-state index contributed by atoms with van der Waals surface area (Å²) in [5, 5.41) is 2.93. The number of aryl methyl sites for hydroxylation is 2. The molecule has 4 nitrogen and oxygen atoms in total. The SMILES string of the molecule is CCOc1ncccc1CNC(=O)c1cc(CC)c(C)s1. The lowest BCUT2D eigenvalue weighted by Crippen LogP contribution is -2.22. The van der Waals surface area contributed by atoms with E-state index in [1.807, 2.05) is 25.1 Å². The second-order valence-electron chi connectivity index (χ2n) is 4.63. The molecule has 0 aromatic carbocycles. The molecular formula is C16H20N2O2S. The first kappa shape index (κ1) is 15.5. The van der Waals surface area contributed by atoms with Crippen molar-refractivity contribution in [2.45, 2.75) is 33.7 Å². The summed E-state index contributed by atoms with van der Waals surface area (Å²) in [4.78, 5) is 18.3. The molecule has 0 saturated carbocycles. The minimum Gasteiger partial charge on any atom is -0.478 e. The van der Waals surface area contributed by atoms with Gasteiger partial charge in [-0.3, -0.25) is 4.79 Å². The largest absolute Gasteiger partial charge is 0.478 e. The molecule has 1 N–H and O–H groups in total. The van der Waals surface area contributed by atoms with Gasteiger partial charge in [0.1, 0.15) is 0 Å². The molecule has 0 bridgehead atoms. The molecule has 2 heterocycles. The van der Waals surface area contributed by atoms with Gasteiger partial charge >= 0.3 is 0 Å². The van der Waals surface area contributed by atoms with Gasteiger partial charge < -0.3 is 10.1 Å². The molecule has 0 aliphatic rings. The maximum absolute atomic E-state index is 12.2. The van der Waals surface area contributed by atoms with Crippen LogP contribution in [0.5, 0.6) is 5.88 Å². The summed E-state index contributed by atoms with van der Waals surface area (Å²) in [5.74, 6) is 0.533. The van der Waals surface area contributed by atoms with Crippen LogP contribution in [0.2, 0.25) is 0 Å². The van der Waals surface area contributed by atoms with E-state index in [0.717, 1.165) is 16.9 Å². The molecule has 2 aromatic heterocycles. The molecule has 0 saturated heterocycles. The van der Waals surface area contributed by atoms with Crippen LogP contribution in [0.25, 0.3) is 0 Å². The van der Waals surface area contributed by atoms with E-state index in [2.05, 4.69) is 24.1 Å². The number of aromatic nitrogens is 1. The van der Waals surface area contributed by atoms with Gasteiger partial charge in [0, 0.05) is 23.2 Å². The Morgan fingerprint density at radius 3 is 2.86 bits per heavy atom. The summed E-state index contributed by atoms with van der Waals surface area (Å²) in [6.07, 6.45) is 2.64. The number of carbonyl (C=O) groups is 1. The number of amides is 1. The second-order valence-corrected chi connectivity index (χ2v) is 5.89. The fourth-order valence-electron chi connectivity index (χ4n) is 2.07. The van der Waals surface area contributed by atoms with Gasteiger partial charge in [0.05, 0.1) is 11.5 Å². The van der Waals surface area contributed by atoms with Gasteiger partial charge in [-0.25, -0.2) is 4.98 Å². The Bertz CT molecular complexity index is 622. The molecule has 5 heteroatoms. The summed E-state index contributed by atoms with van der Waals surface area (Å²) in [6.45, 7) is 7.04. The third-order valence-electron chi connectivity index (χ3n) is 3.20. The van der Waals surface area contributed by atoms with E-state index in [0.29, 0.717) is 19.0 Å². The monoisotopic (exact) mass is 304 g/mol. The van der Waals surface area contributed by atoms with Gasteiger partial charge in [-0.15, -0.1) is 11.3 Å². The average Bonchev–Trinajstić information content (AvgIpc) is 2.87. The number of hydrogen-bond acceptors (Lipinski definition) is 4. The predicted octanol–water partition coefficient (Wildman–Crippen LogP) is 3.34. The number of rotatable bonds is 6. The van der Waals surface area contributed by atoms with Gasteiger partial charge in [-0.05, 0) is 38.0 Å². The highest BCUT2D eigenvalue weighted by Gasteiger charge is 2.12. The zero-order valence-corrected chi connectivity index (χ0v) is 13.4. The molecule has 2 aromatic rings. The quantitative estimate of drug-likeness (QED) is 0.890. The van der Waals surface area contributed by atoms with Crippen molar-refractivity contribution < 1.29 is 9.53 Å². The molecule has 0 spiro atoms. The molecule has 112 valence electrons. The van der Waals surface area contributed by atoms with Crippen molar-refractivity contribution in [2.75, 3.05) is 6.61 Å². The van der Waals surface area contributed by atoms with Crippen LogP contribution in [0.1, 0.15) is 39.5 Å². The van der Waals surface area contributed by atoms with Crippen LogP contribution < -0.4 is 10.1 Å². The van der Waals surface area contributed by atoms with Crippen molar-refractivity contribution in [1.29, 1.82) is 0 Å². The smallest absolute Gasteiger partial charge is 0.261 e. The molecule has 0 unspecified atom stereocenters. The molecule has 0 aliphatic heterocycles. The lowest BCUT2D eigenvalue weighted by atomic mass is 10.2. The van der Waals surface area contributed by atoms with Gasteiger partial charge in [0.25, 0.3) is 5.91 Å². The van der Waals surface area contributed by atoms with Crippen molar-refractivity contribution >= 4 is 17.2 Å². The Morgan fingerprint density at radius 1 is 1.38 bits per heavy atom. The van der Waals surface area contributed by atoms with Gasteiger partial charge in [-0.2, -0.15) is 0 Å². The van der Waals surface area contributed by atoms with Gasteiger partial charge in [0.15, 0.2) is 0 Å². The molecule has 1 amide bonds. The third-order valence-corrected chi connectivity index (χ3v) is 4.29. The number of thiophene rings is 1. The van der Waals surface area contributed by atoms with Gasteiger partial charge in [0.2, 0.25) is 5.88 Å². The van der Waals surface area contributed by atoms with Crippen LogP contribution in [0.3, 0.4) is 0 Å².